The molecule has 0 fully saturated rings. The fourth-order valence-corrected chi connectivity index (χ4v) is 3.31. The number of carbonyl (C=O) groups is 1. The molecule has 0 amide bonds. The minimum absolute atomic E-state index is 0.0292. The summed E-state index contributed by atoms with van der Waals surface area (Å²) < 4.78 is 46.6. The molecule has 0 aromatic heterocycles. The molecule has 2 heterocycles. The van der Waals surface area contributed by atoms with Crippen molar-refractivity contribution >= 4 is 11.9 Å². The molecule has 0 bridgehead atoms. The number of allylic oxidation sites excluding steroid dienone is 1. The number of methoxy groups -OCH3 is 1. The first kappa shape index (κ1) is 19.4. The van der Waals surface area contributed by atoms with Crippen LogP contribution in [0.15, 0.2) is 42.2 Å². The maximum Gasteiger partial charge on any atom is 0.387 e. The predicted molar refractivity (Wildman–Crippen MR) is 100 cm³/mol. The van der Waals surface area contributed by atoms with E-state index in [1.54, 1.807) is 37.4 Å². The first-order valence-electron chi connectivity index (χ1n) is 9.05. The Morgan fingerprint density at radius 2 is 2.07 bits per heavy atom. The summed E-state index contributed by atoms with van der Waals surface area (Å²) in [5.74, 6) is 0.802. The quantitative estimate of drug-likeness (QED) is 0.686. The smallest absolute Gasteiger partial charge is 0.387 e. The second-order valence-electron chi connectivity index (χ2n) is 6.59. The van der Waals surface area contributed by atoms with Crippen LogP contribution in [0.4, 0.5) is 8.78 Å². The number of benzene rings is 2. The third-order valence-corrected chi connectivity index (χ3v) is 4.72. The average molecular weight is 403 g/mol. The van der Waals surface area contributed by atoms with Crippen molar-refractivity contribution in [2.75, 3.05) is 27.0 Å². The van der Waals surface area contributed by atoms with Crippen molar-refractivity contribution in [2.24, 2.45) is 0 Å². The number of alkyl halides is 2. The summed E-state index contributed by atoms with van der Waals surface area (Å²) in [7, 11) is 1.63. The summed E-state index contributed by atoms with van der Waals surface area (Å²) in [6, 6.07) is 9.64. The van der Waals surface area contributed by atoms with Gasteiger partial charge >= 0.3 is 6.61 Å². The standard InChI is InChI=1S/C21H19F2NO5/c1-26-9-8-24-11-15-17(27-12-24)7-6-14-19(25)18(28-20(14)15)10-13-4-2-3-5-16(13)29-21(22)23/h2-7,10,21H,8-9,11-12H2,1H3/b18-10-. The molecule has 29 heavy (non-hydrogen) atoms. The van der Waals surface area contributed by atoms with Gasteiger partial charge in [0, 0.05) is 25.8 Å². The van der Waals surface area contributed by atoms with E-state index in [4.69, 9.17) is 14.2 Å². The summed E-state index contributed by atoms with van der Waals surface area (Å²) in [6.45, 7) is -0.763. The SMILES string of the molecule is COCCN1COc2ccc3c(c2C1)O/C(=C\c1ccccc1OC(F)F)C3=O. The van der Waals surface area contributed by atoms with Crippen LogP contribution in [0.1, 0.15) is 21.5 Å². The first-order valence-corrected chi connectivity index (χ1v) is 9.05. The molecule has 0 saturated carbocycles. The highest BCUT2D eigenvalue weighted by atomic mass is 19.3. The van der Waals surface area contributed by atoms with E-state index in [0.29, 0.717) is 49.1 Å². The van der Waals surface area contributed by atoms with Crippen molar-refractivity contribution in [3.05, 3.63) is 58.8 Å². The van der Waals surface area contributed by atoms with E-state index in [9.17, 15) is 13.6 Å². The number of ketones is 1. The van der Waals surface area contributed by atoms with E-state index in [1.165, 1.54) is 12.1 Å². The lowest BCUT2D eigenvalue weighted by Gasteiger charge is -2.29. The number of ether oxygens (including phenoxy) is 4. The van der Waals surface area contributed by atoms with E-state index < -0.39 is 6.61 Å². The number of hydrogen-bond donors (Lipinski definition) is 0. The van der Waals surface area contributed by atoms with E-state index in [1.807, 2.05) is 4.90 Å². The summed E-state index contributed by atoms with van der Waals surface area (Å²) >= 11 is 0. The van der Waals surface area contributed by atoms with Gasteiger partial charge in [0.25, 0.3) is 0 Å². The number of rotatable bonds is 6. The largest absolute Gasteiger partial charge is 0.478 e. The molecular formula is C21H19F2NO5. The van der Waals surface area contributed by atoms with E-state index >= 15 is 0 Å². The Morgan fingerprint density at radius 3 is 2.86 bits per heavy atom. The van der Waals surface area contributed by atoms with E-state index in [2.05, 4.69) is 4.74 Å². The van der Waals surface area contributed by atoms with Crippen molar-refractivity contribution in [1.29, 1.82) is 0 Å². The highest BCUT2D eigenvalue weighted by molar-refractivity contribution is 6.15. The second-order valence-corrected chi connectivity index (χ2v) is 6.59. The lowest BCUT2D eigenvalue weighted by atomic mass is 10.0. The molecule has 0 spiro atoms. The van der Waals surface area contributed by atoms with Crippen molar-refractivity contribution in [3.8, 4) is 17.2 Å². The molecule has 2 aliphatic rings. The number of hydrogen-bond acceptors (Lipinski definition) is 6. The Balaban J connectivity index is 1.64. The second kappa shape index (κ2) is 8.18. The Bertz CT molecular complexity index is 960. The summed E-state index contributed by atoms with van der Waals surface area (Å²) in [4.78, 5) is 14.9. The zero-order chi connectivity index (χ0) is 20.4. The molecule has 2 aliphatic heterocycles. The number of Topliss-reactive ketones (excluding diaryl/α,β-unsaturated/α-hetero) is 1. The molecule has 2 aromatic rings. The highest BCUT2D eigenvalue weighted by Gasteiger charge is 2.33. The number of halogens is 2. The number of fused-ring (bicyclic) bond motifs is 3. The maximum absolute atomic E-state index is 12.8. The van der Waals surface area contributed by atoms with Gasteiger partial charge in [-0.05, 0) is 24.3 Å². The van der Waals surface area contributed by atoms with Crippen LogP contribution in [0.5, 0.6) is 17.2 Å². The summed E-state index contributed by atoms with van der Waals surface area (Å²) in [5.41, 5.74) is 1.52. The van der Waals surface area contributed by atoms with Crippen LogP contribution in [0.25, 0.3) is 6.08 Å². The molecule has 0 radical (unpaired) electrons. The van der Waals surface area contributed by atoms with Gasteiger partial charge in [-0.2, -0.15) is 8.78 Å². The number of carbonyl (C=O) groups excluding carboxylic acids is 1. The monoisotopic (exact) mass is 403 g/mol. The van der Waals surface area contributed by atoms with Gasteiger partial charge in [-0.1, -0.05) is 18.2 Å². The molecule has 8 heteroatoms. The van der Waals surface area contributed by atoms with Gasteiger partial charge in [0.1, 0.15) is 24.0 Å². The van der Waals surface area contributed by atoms with Crippen molar-refractivity contribution < 1.29 is 32.5 Å². The van der Waals surface area contributed by atoms with Crippen molar-refractivity contribution in [2.45, 2.75) is 13.2 Å². The fraction of sp³-hybridized carbons (Fsp3) is 0.286. The van der Waals surface area contributed by atoms with Gasteiger partial charge in [0.05, 0.1) is 17.7 Å². The van der Waals surface area contributed by atoms with Gasteiger partial charge < -0.3 is 18.9 Å². The minimum Gasteiger partial charge on any atom is -0.478 e. The Morgan fingerprint density at radius 1 is 1.24 bits per heavy atom. The summed E-state index contributed by atoms with van der Waals surface area (Å²) in [6.07, 6.45) is 1.42. The molecule has 152 valence electrons. The lowest BCUT2D eigenvalue weighted by molar-refractivity contribution is -0.0499. The molecule has 0 saturated heterocycles. The molecule has 2 aromatic carbocycles. The molecule has 0 unspecified atom stereocenters. The molecule has 0 atom stereocenters. The molecular weight excluding hydrogens is 384 g/mol. The molecule has 0 N–H and O–H groups in total. The van der Waals surface area contributed by atoms with Gasteiger partial charge in [0.15, 0.2) is 5.76 Å². The Hall–Kier alpha value is -2.97. The minimum atomic E-state index is -2.96. The van der Waals surface area contributed by atoms with Crippen molar-refractivity contribution in [3.63, 3.8) is 0 Å². The zero-order valence-electron chi connectivity index (χ0n) is 15.7. The van der Waals surface area contributed by atoms with E-state index in [-0.39, 0.29) is 17.3 Å². The van der Waals surface area contributed by atoms with Crippen LogP contribution >= 0.6 is 0 Å². The third-order valence-electron chi connectivity index (χ3n) is 4.72. The number of nitrogens with zero attached hydrogens (tertiary/aromatic N) is 1. The van der Waals surface area contributed by atoms with E-state index in [0.717, 1.165) is 5.56 Å². The molecule has 4 rings (SSSR count). The predicted octanol–water partition coefficient (Wildman–Crippen LogP) is 3.70. The molecule has 0 aliphatic carbocycles. The first-order chi connectivity index (χ1) is 14.1. The Labute approximate surface area is 166 Å². The fourth-order valence-electron chi connectivity index (χ4n) is 3.31. The zero-order valence-corrected chi connectivity index (χ0v) is 15.7. The van der Waals surface area contributed by atoms with Crippen LogP contribution in [-0.2, 0) is 11.3 Å². The summed E-state index contributed by atoms with van der Waals surface area (Å²) in [5, 5.41) is 0. The van der Waals surface area contributed by atoms with Gasteiger partial charge in [-0.3, -0.25) is 9.69 Å². The van der Waals surface area contributed by atoms with Crippen molar-refractivity contribution in [1.82, 2.24) is 4.90 Å². The van der Waals surface area contributed by atoms with Crippen LogP contribution in [0.3, 0.4) is 0 Å². The lowest BCUT2D eigenvalue weighted by Crippen LogP contribution is -2.34. The normalized spacial score (nSPS) is 17.1. The van der Waals surface area contributed by atoms with Gasteiger partial charge in [-0.25, -0.2) is 0 Å². The maximum atomic E-state index is 12.8. The van der Waals surface area contributed by atoms with Gasteiger partial charge in [0.2, 0.25) is 5.78 Å². The van der Waals surface area contributed by atoms with Gasteiger partial charge in [-0.15, -0.1) is 0 Å². The topological polar surface area (TPSA) is 57.2 Å². The highest BCUT2D eigenvalue weighted by Crippen LogP contribution is 2.42. The third kappa shape index (κ3) is 3.94. The molecule has 6 nitrogen and oxygen atoms in total. The number of para-hydroxylation sites is 1. The average Bonchev–Trinajstić information content (AvgIpc) is 3.03. The Kier molecular flexibility index (Phi) is 5.46. The van der Waals surface area contributed by atoms with Crippen LogP contribution in [-0.4, -0.2) is 44.3 Å². The van der Waals surface area contributed by atoms with Crippen LogP contribution in [0, 0.1) is 0 Å². The van der Waals surface area contributed by atoms with Crippen LogP contribution < -0.4 is 14.2 Å². The van der Waals surface area contributed by atoms with Crippen LogP contribution in [0.2, 0.25) is 0 Å².